The molecule has 0 aliphatic carbocycles. The van der Waals surface area contributed by atoms with Gasteiger partial charge in [0.15, 0.2) is 0 Å². The molecule has 1 saturated heterocycles. The minimum absolute atomic E-state index is 0.382. The first-order chi connectivity index (χ1) is 3.93. The summed E-state index contributed by atoms with van der Waals surface area (Å²) in [5.74, 6) is 0. The van der Waals surface area contributed by atoms with Gasteiger partial charge < -0.3 is 10.6 Å². The fourth-order valence-corrected chi connectivity index (χ4v) is 0.893. The van der Waals surface area contributed by atoms with Crippen LogP contribution in [-0.2, 0) is 4.79 Å². The highest BCUT2D eigenvalue weighted by molar-refractivity contribution is 5.46. The van der Waals surface area contributed by atoms with E-state index in [2.05, 4.69) is 10.6 Å². The highest BCUT2D eigenvalue weighted by Gasteiger charge is 2.11. The molecule has 0 unspecified atom stereocenters. The molecule has 0 saturated carbocycles. The molecule has 1 heterocycles. The zero-order chi connectivity index (χ0) is 5.82. The lowest BCUT2D eigenvalue weighted by atomic mass is 10.3. The van der Waals surface area contributed by atoms with Gasteiger partial charge in [-0.05, 0) is 13.0 Å². The van der Waals surface area contributed by atoms with Gasteiger partial charge in [0.25, 0.3) is 0 Å². The van der Waals surface area contributed by atoms with Crippen molar-refractivity contribution in [2.45, 2.75) is 12.5 Å². The third-order valence-corrected chi connectivity index (χ3v) is 1.36. The van der Waals surface area contributed by atoms with Crippen LogP contribution in [0.5, 0.6) is 0 Å². The van der Waals surface area contributed by atoms with Crippen molar-refractivity contribution in [3.8, 4) is 0 Å². The predicted octanol–water partition coefficient (Wildman–Crippen LogP) is -0.906. The lowest BCUT2D eigenvalue weighted by Gasteiger charge is -2.02. The smallest absolute Gasteiger partial charge is 0.207 e. The van der Waals surface area contributed by atoms with Crippen LogP contribution in [-0.4, -0.2) is 25.5 Å². The van der Waals surface area contributed by atoms with E-state index in [0.717, 1.165) is 25.9 Å². The summed E-state index contributed by atoms with van der Waals surface area (Å²) in [5.41, 5.74) is 0. The van der Waals surface area contributed by atoms with Crippen LogP contribution in [0.2, 0.25) is 0 Å². The van der Waals surface area contributed by atoms with Crippen LogP contribution in [0.15, 0.2) is 0 Å². The second-order valence-electron chi connectivity index (χ2n) is 1.97. The van der Waals surface area contributed by atoms with Gasteiger partial charge in [-0.2, -0.15) is 0 Å². The molecule has 0 radical (unpaired) electrons. The van der Waals surface area contributed by atoms with Gasteiger partial charge in [-0.15, -0.1) is 0 Å². The summed E-state index contributed by atoms with van der Waals surface area (Å²) in [6.07, 6.45) is 1.83. The van der Waals surface area contributed by atoms with Crippen molar-refractivity contribution >= 4 is 6.41 Å². The van der Waals surface area contributed by atoms with Gasteiger partial charge in [-0.1, -0.05) is 0 Å². The first kappa shape index (κ1) is 5.56. The summed E-state index contributed by atoms with van der Waals surface area (Å²) >= 11 is 0. The molecular weight excluding hydrogens is 104 g/mol. The first-order valence-corrected chi connectivity index (χ1v) is 2.84. The van der Waals surface area contributed by atoms with Gasteiger partial charge in [0.2, 0.25) is 6.41 Å². The Bertz CT molecular complexity index is 78.5. The van der Waals surface area contributed by atoms with Crippen molar-refractivity contribution < 1.29 is 4.79 Å². The number of carbonyl (C=O) groups excluding carboxylic acids is 1. The van der Waals surface area contributed by atoms with E-state index in [9.17, 15) is 4.79 Å². The van der Waals surface area contributed by atoms with Gasteiger partial charge in [-0.3, -0.25) is 4.79 Å². The largest absolute Gasteiger partial charge is 0.355 e. The molecule has 46 valence electrons. The molecule has 0 bridgehead atoms. The minimum Gasteiger partial charge on any atom is -0.355 e. The highest BCUT2D eigenvalue weighted by Crippen LogP contribution is 1.93. The Balaban J connectivity index is 2.14. The molecule has 1 atom stereocenters. The Morgan fingerprint density at radius 1 is 1.75 bits per heavy atom. The predicted molar refractivity (Wildman–Crippen MR) is 30.5 cm³/mol. The molecule has 8 heavy (non-hydrogen) atoms. The summed E-state index contributed by atoms with van der Waals surface area (Å²) in [6, 6.07) is 0.382. The maximum atomic E-state index is 9.82. The quantitative estimate of drug-likeness (QED) is 0.456. The van der Waals surface area contributed by atoms with Crippen LogP contribution in [0.3, 0.4) is 0 Å². The molecule has 3 heteroatoms. The molecule has 1 fully saturated rings. The van der Waals surface area contributed by atoms with Crippen molar-refractivity contribution in [3.63, 3.8) is 0 Å². The van der Waals surface area contributed by atoms with Crippen LogP contribution in [0.4, 0.5) is 0 Å². The van der Waals surface area contributed by atoms with Crippen molar-refractivity contribution in [1.29, 1.82) is 0 Å². The van der Waals surface area contributed by atoms with Gasteiger partial charge in [0.1, 0.15) is 0 Å². The average molecular weight is 114 g/mol. The molecule has 1 aliphatic heterocycles. The van der Waals surface area contributed by atoms with E-state index in [1.54, 1.807) is 0 Å². The molecule has 0 aromatic rings. The summed E-state index contributed by atoms with van der Waals surface area (Å²) in [6.45, 7) is 1.96. The molecular formula is C5H10N2O. The summed E-state index contributed by atoms with van der Waals surface area (Å²) in [5, 5.41) is 5.84. The topological polar surface area (TPSA) is 41.1 Å². The van der Waals surface area contributed by atoms with Crippen molar-refractivity contribution in [3.05, 3.63) is 0 Å². The Labute approximate surface area is 48.5 Å². The third-order valence-electron chi connectivity index (χ3n) is 1.36. The second-order valence-corrected chi connectivity index (χ2v) is 1.97. The van der Waals surface area contributed by atoms with E-state index in [4.69, 9.17) is 0 Å². The second kappa shape index (κ2) is 2.67. The van der Waals surface area contributed by atoms with Crippen LogP contribution in [0.1, 0.15) is 6.42 Å². The van der Waals surface area contributed by atoms with E-state index < -0.39 is 0 Å². The summed E-state index contributed by atoms with van der Waals surface area (Å²) in [4.78, 5) is 9.82. The third kappa shape index (κ3) is 1.20. The number of carbonyl (C=O) groups is 1. The van der Waals surface area contributed by atoms with Crippen LogP contribution >= 0.6 is 0 Å². The molecule has 0 aromatic carbocycles. The van der Waals surface area contributed by atoms with Gasteiger partial charge in [0, 0.05) is 12.6 Å². The van der Waals surface area contributed by atoms with Gasteiger partial charge >= 0.3 is 0 Å². The molecule has 1 aliphatic rings. The molecule has 0 aromatic heterocycles. The standard InChI is InChI=1S/C5H10N2O/c8-4-7-5-1-2-6-3-5/h4-6H,1-3H2,(H,7,8)/t5-/m1/s1. The Morgan fingerprint density at radius 3 is 3.12 bits per heavy atom. The number of rotatable bonds is 2. The van der Waals surface area contributed by atoms with Crippen LogP contribution in [0.25, 0.3) is 0 Å². The van der Waals surface area contributed by atoms with Crippen molar-refractivity contribution in [2.24, 2.45) is 0 Å². The monoisotopic (exact) mass is 114 g/mol. The Morgan fingerprint density at radius 2 is 2.62 bits per heavy atom. The fourth-order valence-electron chi connectivity index (χ4n) is 0.893. The van der Waals surface area contributed by atoms with Gasteiger partial charge in [-0.25, -0.2) is 0 Å². The van der Waals surface area contributed by atoms with E-state index in [-0.39, 0.29) is 0 Å². The van der Waals surface area contributed by atoms with Crippen molar-refractivity contribution in [2.75, 3.05) is 13.1 Å². The number of hydrogen-bond acceptors (Lipinski definition) is 2. The van der Waals surface area contributed by atoms with Gasteiger partial charge in [0.05, 0.1) is 0 Å². The number of hydrogen-bond donors (Lipinski definition) is 2. The molecule has 0 spiro atoms. The Hall–Kier alpha value is -0.570. The normalized spacial score (nSPS) is 27.8. The zero-order valence-corrected chi connectivity index (χ0v) is 4.68. The molecule has 3 nitrogen and oxygen atoms in total. The van der Waals surface area contributed by atoms with Crippen LogP contribution < -0.4 is 10.6 Å². The highest BCUT2D eigenvalue weighted by atomic mass is 16.1. The lowest BCUT2D eigenvalue weighted by Crippen LogP contribution is -2.29. The number of amides is 1. The van der Waals surface area contributed by atoms with E-state index in [1.807, 2.05) is 0 Å². The van der Waals surface area contributed by atoms with E-state index in [1.165, 1.54) is 0 Å². The average Bonchev–Trinajstić information content (AvgIpc) is 2.19. The lowest BCUT2D eigenvalue weighted by molar-refractivity contribution is -0.110. The van der Waals surface area contributed by atoms with E-state index >= 15 is 0 Å². The SMILES string of the molecule is O=CN[C@@H]1CCNC1. The zero-order valence-electron chi connectivity index (χ0n) is 4.68. The molecule has 2 N–H and O–H groups in total. The minimum atomic E-state index is 0.382. The van der Waals surface area contributed by atoms with Crippen LogP contribution in [0, 0.1) is 0 Å². The maximum absolute atomic E-state index is 9.82. The summed E-state index contributed by atoms with van der Waals surface area (Å²) in [7, 11) is 0. The fraction of sp³-hybridized carbons (Fsp3) is 0.800. The molecule has 1 rings (SSSR count). The molecule has 1 amide bonds. The number of nitrogens with one attached hydrogen (secondary N) is 2. The van der Waals surface area contributed by atoms with E-state index in [0.29, 0.717) is 6.04 Å². The maximum Gasteiger partial charge on any atom is 0.207 e. The van der Waals surface area contributed by atoms with Crippen molar-refractivity contribution in [1.82, 2.24) is 10.6 Å². The first-order valence-electron chi connectivity index (χ1n) is 2.84. The summed E-state index contributed by atoms with van der Waals surface area (Å²) < 4.78 is 0. The Kier molecular flexibility index (Phi) is 1.86.